The Morgan fingerprint density at radius 3 is 2.35 bits per heavy atom. The van der Waals surface area contributed by atoms with Crippen molar-refractivity contribution in [2.45, 2.75) is 43.9 Å². The second kappa shape index (κ2) is 11.0. The molecule has 5 aromatic rings. The number of nitrogens with zero attached hydrogens (tertiary/aromatic N) is 4. The second-order valence-corrected chi connectivity index (χ2v) is 10.0. The first-order chi connectivity index (χ1) is 18.1. The van der Waals surface area contributed by atoms with Crippen molar-refractivity contribution in [3.8, 4) is 17.1 Å². The van der Waals surface area contributed by atoms with Gasteiger partial charge >= 0.3 is 0 Å². The van der Waals surface area contributed by atoms with Gasteiger partial charge in [-0.1, -0.05) is 86.3 Å². The van der Waals surface area contributed by atoms with E-state index in [0.717, 1.165) is 50.7 Å². The van der Waals surface area contributed by atoms with Crippen LogP contribution in [0, 0.1) is 6.92 Å². The number of nitrogens with one attached hydrogen (secondary N) is 1. The van der Waals surface area contributed by atoms with Crippen LogP contribution in [0.2, 0.25) is 0 Å². The summed E-state index contributed by atoms with van der Waals surface area (Å²) in [6, 6.07) is 27.8. The molecule has 0 fully saturated rings. The molecule has 5 rings (SSSR count). The molecular weight excluding hydrogens is 478 g/mol. The minimum atomic E-state index is -0.327. The molecule has 0 aliphatic heterocycles. The van der Waals surface area contributed by atoms with Gasteiger partial charge in [-0.2, -0.15) is 5.10 Å². The average molecular weight is 508 g/mol. The average Bonchev–Trinajstić information content (AvgIpc) is 3.31. The second-order valence-electron chi connectivity index (χ2n) is 8.84. The lowest BCUT2D eigenvalue weighted by Gasteiger charge is -2.16. The molecule has 6 nitrogen and oxygen atoms in total. The van der Waals surface area contributed by atoms with E-state index in [2.05, 4.69) is 12.2 Å². The predicted octanol–water partition coefficient (Wildman–Crippen LogP) is 6.86. The molecule has 0 saturated carbocycles. The normalized spacial score (nSPS) is 12.0. The van der Waals surface area contributed by atoms with E-state index in [-0.39, 0.29) is 11.2 Å². The van der Waals surface area contributed by atoms with Gasteiger partial charge in [0.15, 0.2) is 11.5 Å². The summed E-state index contributed by atoms with van der Waals surface area (Å²) in [6.07, 6.45) is 1.38. The molecule has 1 amide bonds. The van der Waals surface area contributed by atoms with Gasteiger partial charge in [0.2, 0.25) is 5.91 Å². The number of rotatable bonds is 8. The van der Waals surface area contributed by atoms with E-state index in [9.17, 15) is 4.79 Å². The van der Waals surface area contributed by atoms with Crippen molar-refractivity contribution < 1.29 is 4.79 Å². The molecule has 1 unspecified atom stereocenters. The highest BCUT2D eigenvalue weighted by molar-refractivity contribution is 8.00. The summed E-state index contributed by atoms with van der Waals surface area (Å²) in [5.41, 5.74) is 5.41. The third kappa shape index (κ3) is 5.27. The molecule has 0 spiro atoms. The smallest absolute Gasteiger partial charge is 0.237 e. The number of para-hydroxylation sites is 1. The summed E-state index contributed by atoms with van der Waals surface area (Å²) < 4.78 is 1.89. The van der Waals surface area contributed by atoms with Gasteiger partial charge < -0.3 is 5.32 Å². The summed E-state index contributed by atoms with van der Waals surface area (Å²) in [7, 11) is 0. The largest absolute Gasteiger partial charge is 0.325 e. The minimum absolute atomic E-state index is 0.0420. The van der Waals surface area contributed by atoms with Crippen LogP contribution >= 0.6 is 11.8 Å². The minimum Gasteiger partial charge on any atom is -0.325 e. The van der Waals surface area contributed by atoms with Gasteiger partial charge in [0, 0.05) is 11.3 Å². The first-order valence-electron chi connectivity index (χ1n) is 12.5. The summed E-state index contributed by atoms with van der Waals surface area (Å²) >= 11 is 1.48. The Balaban J connectivity index is 1.62. The number of benzene rings is 3. The quantitative estimate of drug-likeness (QED) is 0.183. The Kier molecular flexibility index (Phi) is 7.32. The number of thioether (sulfide) groups is 1. The van der Waals surface area contributed by atoms with Gasteiger partial charge in [-0.15, -0.1) is 0 Å². The maximum absolute atomic E-state index is 13.3. The molecule has 186 valence electrons. The van der Waals surface area contributed by atoms with E-state index in [1.54, 1.807) is 0 Å². The van der Waals surface area contributed by atoms with Gasteiger partial charge in [-0.25, -0.2) is 14.6 Å². The highest BCUT2D eigenvalue weighted by Crippen LogP contribution is 2.35. The van der Waals surface area contributed by atoms with Crippen molar-refractivity contribution in [3.05, 3.63) is 96.2 Å². The fraction of sp³-hybridized carbons (Fsp3) is 0.200. The number of aromatic nitrogens is 4. The molecule has 7 heteroatoms. The predicted molar refractivity (Wildman–Crippen MR) is 151 cm³/mol. The maximum Gasteiger partial charge on any atom is 0.237 e. The zero-order valence-corrected chi connectivity index (χ0v) is 22.0. The fourth-order valence-electron chi connectivity index (χ4n) is 4.25. The molecule has 37 heavy (non-hydrogen) atoms. The number of amides is 1. The summed E-state index contributed by atoms with van der Waals surface area (Å²) in [4.78, 5) is 23.3. The zero-order chi connectivity index (χ0) is 25.8. The van der Waals surface area contributed by atoms with Crippen molar-refractivity contribution in [1.82, 2.24) is 19.7 Å². The molecule has 0 radical (unpaired) electrons. The van der Waals surface area contributed by atoms with Gasteiger partial charge in [-0.05, 0) is 49.6 Å². The van der Waals surface area contributed by atoms with Crippen molar-refractivity contribution in [2.24, 2.45) is 0 Å². The highest BCUT2D eigenvalue weighted by Gasteiger charge is 2.25. The topological polar surface area (TPSA) is 72.7 Å². The SMILES string of the molecule is CCc1nn(-c2ccccc2)c2nc(-c3ccccc3)nc(SC(CC)C(=O)Nc3cccc(C)c3)c12. The number of anilines is 1. The summed E-state index contributed by atoms with van der Waals surface area (Å²) in [6.45, 7) is 6.12. The molecule has 0 saturated heterocycles. The van der Waals surface area contributed by atoms with Crippen LogP contribution in [0.5, 0.6) is 0 Å². The van der Waals surface area contributed by atoms with E-state index in [4.69, 9.17) is 15.1 Å². The van der Waals surface area contributed by atoms with E-state index in [0.29, 0.717) is 12.2 Å². The third-order valence-corrected chi connectivity index (χ3v) is 7.49. The number of fused-ring (bicyclic) bond motifs is 1. The van der Waals surface area contributed by atoms with Crippen LogP contribution < -0.4 is 5.32 Å². The van der Waals surface area contributed by atoms with E-state index in [1.165, 1.54) is 11.8 Å². The standard InChI is InChI=1S/C30H29N5OS/c1-4-24-26-28(35(34-24)23-17-10-7-11-18-23)32-27(21-14-8-6-9-15-21)33-30(26)37-25(5-2)29(36)31-22-16-12-13-20(3)19-22/h6-19,25H,4-5H2,1-3H3,(H,31,36). The van der Waals surface area contributed by atoms with E-state index in [1.807, 2.05) is 103 Å². The molecular formula is C30H29N5OS. The fourth-order valence-corrected chi connectivity index (χ4v) is 5.32. The van der Waals surface area contributed by atoms with Crippen molar-refractivity contribution in [2.75, 3.05) is 5.32 Å². The molecule has 2 heterocycles. The van der Waals surface area contributed by atoms with Crippen LogP contribution in [0.4, 0.5) is 5.69 Å². The van der Waals surface area contributed by atoms with Crippen LogP contribution in [-0.2, 0) is 11.2 Å². The van der Waals surface area contributed by atoms with Crippen LogP contribution in [-0.4, -0.2) is 30.9 Å². The first-order valence-corrected chi connectivity index (χ1v) is 13.4. The van der Waals surface area contributed by atoms with Crippen molar-refractivity contribution >= 4 is 34.4 Å². The molecule has 0 aliphatic rings. The van der Waals surface area contributed by atoms with E-state index < -0.39 is 0 Å². The lowest BCUT2D eigenvalue weighted by atomic mass is 10.2. The van der Waals surface area contributed by atoms with Gasteiger partial charge in [-0.3, -0.25) is 4.79 Å². The molecule has 0 bridgehead atoms. The Morgan fingerprint density at radius 1 is 0.946 bits per heavy atom. The molecule has 0 aliphatic carbocycles. The van der Waals surface area contributed by atoms with Gasteiger partial charge in [0.1, 0.15) is 5.03 Å². The Morgan fingerprint density at radius 2 is 1.68 bits per heavy atom. The van der Waals surface area contributed by atoms with Gasteiger partial charge in [0.05, 0.1) is 22.0 Å². The van der Waals surface area contributed by atoms with E-state index >= 15 is 0 Å². The monoisotopic (exact) mass is 507 g/mol. The Labute approximate surface area is 221 Å². The molecule has 2 aromatic heterocycles. The van der Waals surface area contributed by atoms with Crippen LogP contribution in [0.3, 0.4) is 0 Å². The van der Waals surface area contributed by atoms with Crippen LogP contribution in [0.25, 0.3) is 28.1 Å². The lowest BCUT2D eigenvalue weighted by Crippen LogP contribution is -2.24. The first kappa shape index (κ1) is 24.7. The third-order valence-electron chi connectivity index (χ3n) is 6.14. The zero-order valence-electron chi connectivity index (χ0n) is 21.2. The lowest BCUT2D eigenvalue weighted by molar-refractivity contribution is -0.115. The number of hydrogen-bond donors (Lipinski definition) is 1. The van der Waals surface area contributed by atoms with Gasteiger partial charge in [0.25, 0.3) is 0 Å². The number of carbonyl (C=O) groups excluding carboxylic acids is 1. The molecule has 1 N–H and O–H groups in total. The van der Waals surface area contributed by atoms with Crippen molar-refractivity contribution in [3.63, 3.8) is 0 Å². The molecule has 3 aromatic carbocycles. The summed E-state index contributed by atoms with van der Waals surface area (Å²) in [5, 5.41) is 9.36. The van der Waals surface area contributed by atoms with Crippen LogP contribution in [0.1, 0.15) is 31.5 Å². The number of carbonyl (C=O) groups is 1. The number of hydrogen-bond acceptors (Lipinski definition) is 5. The summed E-state index contributed by atoms with van der Waals surface area (Å²) in [5.74, 6) is 0.573. The van der Waals surface area contributed by atoms with Crippen molar-refractivity contribution in [1.29, 1.82) is 0 Å². The highest BCUT2D eigenvalue weighted by atomic mass is 32.2. The number of aryl methyl sites for hydroxylation is 2. The maximum atomic E-state index is 13.3. The van der Waals surface area contributed by atoms with Crippen LogP contribution in [0.15, 0.2) is 90.0 Å². The molecule has 1 atom stereocenters. The Bertz CT molecular complexity index is 1530. The Hall–Kier alpha value is -3.97.